The Morgan fingerprint density at radius 2 is 1.90 bits per heavy atom. The minimum atomic E-state index is -4.30. The molecule has 1 aliphatic heterocycles. The minimum absolute atomic E-state index is 0.630. The van der Waals surface area contributed by atoms with Gasteiger partial charge >= 0.3 is 6.18 Å². The van der Waals surface area contributed by atoms with E-state index in [2.05, 4.69) is 10.3 Å². The molecule has 0 aliphatic carbocycles. The highest BCUT2D eigenvalue weighted by Gasteiger charge is 2.30. The monoisotopic (exact) mass is 281 g/mol. The maximum Gasteiger partial charge on any atom is 0.416 e. The average molecular weight is 281 g/mol. The summed E-state index contributed by atoms with van der Waals surface area (Å²) in [5.41, 5.74) is 2.16. The summed E-state index contributed by atoms with van der Waals surface area (Å²) in [4.78, 5) is 4.48. The maximum absolute atomic E-state index is 12.6. The molecule has 6 heteroatoms. The summed E-state index contributed by atoms with van der Waals surface area (Å²) < 4.78 is 39.7. The van der Waals surface area contributed by atoms with Crippen LogP contribution in [-0.4, -0.2) is 16.1 Å². The predicted molar refractivity (Wildman–Crippen MR) is 68.7 cm³/mol. The van der Waals surface area contributed by atoms with Crippen molar-refractivity contribution in [2.24, 2.45) is 0 Å². The molecule has 1 N–H and O–H groups in total. The molecular weight excluding hydrogens is 267 g/mol. The van der Waals surface area contributed by atoms with E-state index in [1.807, 2.05) is 11.5 Å². The summed E-state index contributed by atoms with van der Waals surface area (Å²) in [6.45, 7) is 3.44. The molecule has 0 atom stereocenters. The Bertz CT molecular complexity index is 626. The van der Waals surface area contributed by atoms with Crippen molar-refractivity contribution in [2.45, 2.75) is 26.1 Å². The quantitative estimate of drug-likeness (QED) is 0.871. The number of imidazole rings is 1. The van der Waals surface area contributed by atoms with Gasteiger partial charge in [0.05, 0.1) is 11.3 Å². The minimum Gasteiger partial charge on any atom is -0.311 e. The fourth-order valence-corrected chi connectivity index (χ4v) is 2.59. The molecule has 3 rings (SSSR count). The highest BCUT2D eigenvalue weighted by molar-refractivity contribution is 5.40. The lowest BCUT2D eigenvalue weighted by molar-refractivity contribution is -0.137. The zero-order valence-corrected chi connectivity index (χ0v) is 11.0. The van der Waals surface area contributed by atoms with Gasteiger partial charge in [0.1, 0.15) is 5.82 Å². The standard InChI is InChI=1S/C14H14F3N3/c1-9-19-12-8-18-7-6-13(12)20(9)11-4-2-10(3-5-11)14(15,16)17/h2-5,18H,6-8H2,1H3. The van der Waals surface area contributed by atoms with Crippen molar-refractivity contribution in [3.63, 3.8) is 0 Å². The van der Waals surface area contributed by atoms with E-state index in [-0.39, 0.29) is 0 Å². The van der Waals surface area contributed by atoms with Crippen molar-refractivity contribution in [1.82, 2.24) is 14.9 Å². The van der Waals surface area contributed by atoms with Crippen molar-refractivity contribution < 1.29 is 13.2 Å². The smallest absolute Gasteiger partial charge is 0.311 e. The van der Waals surface area contributed by atoms with E-state index >= 15 is 0 Å². The van der Waals surface area contributed by atoms with E-state index in [1.54, 1.807) is 0 Å². The number of benzene rings is 1. The second kappa shape index (κ2) is 4.63. The summed E-state index contributed by atoms with van der Waals surface area (Å²) in [6, 6.07) is 5.23. The van der Waals surface area contributed by atoms with E-state index in [0.717, 1.165) is 48.0 Å². The Labute approximate surface area is 114 Å². The van der Waals surface area contributed by atoms with Crippen LogP contribution in [0, 0.1) is 6.92 Å². The summed E-state index contributed by atoms with van der Waals surface area (Å²) in [5, 5.41) is 3.24. The molecule has 2 heterocycles. The van der Waals surface area contributed by atoms with Crippen LogP contribution in [0.2, 0.25) is 0 Å². The molecule has 1 aromatic carbocycles. The van der Waals surface area contributed by atoms with Crippen LogP contribution in [0.25, 0.3) is 5.69 Å². The summed E-state index contributed by atoms with van der Waals surface area (Å²) >= 11 is 0. The number of fused-ring (bicyclic) bond motifs is 1. The molecular formula is C14H14F3N3. The third kappa shape index (κ3) is 2.20. The van der Waals surface area contributed by atoms with Gasteiger partial charge in [0.25, 0.3) is 0 Å². The summed E-state index contributed by atoms with van der Waals surface area (Å²) in [5.74, 6) is 0.804. The van der Waals surface area contributed by atoms with Crippen molar-refractivity contribution in [3.05, 3.63) is 47.0 Å². The molecule has 1 aliphatic rings. The number of rotatable bonds is 1. The first-order chi connectivity index (χ1) is 9.47. The maximum atomic E-state index is 12.6. The van der Waals surface area contributed by atoms with Gasteiger partial charge < -0.3 is 9.88 Å². The van der Waals surface area contributed by atoms with Crippen molar-refractivity contribution >= 4 is 0 Å². The number of alkyl halides is 3. The van der Waals surface area contributed by atoms with Gasteiger partial charge in [-0.2, -0.15) is 13.2 Å². The number of hydrogen-bond acceptors (Lipinski definition) is 2. The molecule has 0 saturated heterocycles. The third-order valence-electron chi connectivity index (χ3n) is 3.51. The Morgan fingerprint density at radius 1 is 1.20 bits per heavy atom. The largest absolute Gasteiger partial charge is 0.416 e. The Balaban J connectivity index is 2.03. The number of aryl methyl sites for hydroxylation is 1. The van der Waals surface area contributed by atoms with Gasteiger partial charge in [0.2, 0.25) is 0 Å². The van der Waals surface area contributed by atoms with Crippen LogP contribution in [0.15, 0.2) is 24.3 Å². The fourth-order valence-electron chi connectivity index (χ4n) is 2.59. The van der Waals surface area contributed by atoms with Gasteiger partial charge in [-0.25, -0.2) is 4.98 Å². The first kappa shape index (κ1) is 13.2. The SMILES string of the molecule is Cc1nc2c(n1-c1ccc(C(F)(F)F)cc1)CCNC2. The Morgan fingerprint density at radius 3 is 2.55 bits per heavy atom. The van der Waals surface area contributed by atoms with Gasteiger partial charge in [-0.1, -0.05) is 0 Å². The van der Waals surface area contributed by atoms with Crippen LogP contribution in [0.4, 0.5) is 13.2 Å². The van der Waals surface area contributed by atoms with Crippen LogP contribution in [0.1, 0.15) is 22.8 Å². The fraction of sp³-hybridized carbons (Fsp3) is 0.357. The zero-order valence-electron chi connectivity index (χ0n) is 11.0. The topological polar surface area (TPSA) is 29.9 Å². The van der Waals surface area contributed by atoms with E-state index in [9.17, 15) is 13.2 Å². The van der Waals surface area contributed by atoms with Crippen molar-refractivity contribution in [1.29, 1.82) is 0 Å². The highest BCUT2D eigenvalue weighted by atomic mass is 19.4. The van der Waals surface area contributed by atoms with Crippen LogP contribution in [0.3, 0.4) is 0 Å². The molecule has 0 saturated carbocycles. The van der Waals surface area contributed by atoms with Gasteiger partial charge in [-0.05, 0) is 31.2 Å². The number of nitrogens with zero attached hydrogens (tertiary/aromatic N) is 2. The molecule has 0 spiro atoms. The molecule has 0 bridgehead atoms. The first-order valence-electron chi connectivity index (χ1n) is 6.42. The molecule has 106 valence electrons. The van der Waals surface area contributed by atoms with Gasteiger partial charge in [0.15, 0.2) is 0 Å². The van der Waals surface area contributed by atoms with Gasteiger partial charge in [-0.15, -0.1) is 0 Å². The molecule has 0 amide bonds. The molecule has 3 nitrogen and oxygen atoms in total. The van der Waals surface area contributed by atoms with Gasteiger partial charge in [-0.3, -0.25) is 0 Å². The second-order valence-corrected chi connectivity index (χ2v) is 4.86. The van der Waals surface area contributed by atoms with E-state index in [4.69, 9.17) is 0 Å². The van der Waals surface area contributed by atoms with E-state index < -0.39 is 11.7 Å². The van der Waals surface area contributed by atoms with Crippen molar-refractivity contribution in [3.8, 4) is 5.69 Å². The summed E-state index contributed by atoms with van der Waals surface area (Å²) in [6.07, 6.45) is -3.47. The van der Waals surface area contributed by atoms with Crippen LogP contribution in [0.5, 0.6) is 0 Å². The van der Waals surface area contributed by atoms with Gasteiger partial charge in [0, 0.05) is 30.9 Å². The Hall–Kier alpha value is -1.82. The first-order valence-corrected chi connectivity index (χ1v) is 6.42. The zero-order chi connectivity index (χ0) is 14.3. The molecule has 20 heavy (non-hydrogen) atoms. The van der Waals surface area contributed by atoms with Crippen LogP contribution in [-0.2, 0) is 19.1 Å². The molecule has 1 aromatic heterocycles. The van der Waals surface area contributed by atoms with Crippen molar-refractivity contribution in [2.75, 3.05) is 6.54 Å². The van der Waals surface area contributed by atoms with E-state index in [0.29, 0.717) is 6.54 Å². The molecule has 2 aromatic rings. The lowest BCUT2D eigenvalue weighted by Crippen LogP contribution is -2.24. The second-order valence-electron chi connectivity index (χ2n) is 4.86. The normalized spacial score (nSPS) is 15.2. The highest BCUT2D eigenvalue weighted by Crippen LogP contribution is 2.30. The summed E-state index contributed by atoms with van der Waals surface area (Å²) in [7, 11) is 0. The molecule has 0 unspecified atom stereocenters. The lowest BCUT2D eigenvalue weighted by Gasteiger charge is -2.16. The van der Waals surface area contributed by atoms with Crippen LogP contribution >= 0.6 is 0 Å². The van der Waals surface area contributed by atoms with Crippen LogP contribution < -0.4 is 5.32 Å². The number of halogens is 3. The lowest BCUT2D eigenvalue weighted by atomic mass is 10.1. The molecule has 0 radical (unpaired) electrons. The van der Waals surface area contributed by atoms with E-state index in [1.165, 1.54) is 12.1 Å². The molecule has 0 fully saturated rings. The number of hydrogen-bond donors (Lipinski definition) is 1. The number of nitrogens with one attached hydrogen (secondary N) is 1. The predicted octanol–water partition coefficient (Wildman–Crippen LogP) is 2.85. The number of aromatic nitrogens is 2. The average Bonchev–Trinajstić information content (AvgIpc) is 2.73. The third-order valence-corrected chi connectivity index (χ3v) is 3.51. The Kier molecular flexibility index (Phi) is 3.05.